The van der Waals surface area contributed by atoms with Crippen molar-refractivity contribution in [3.05, 3.63) is 76.8 Å². The molecule has 1 aliphatic rings. The van der Waals surface area contributed by atoms with Crippen molar-refractivity contribution in [1.82, 2.24) is 19.1 Å². The number of halogens is 1. The molecule has 5 rings (SSSR count). The summed E-state index contributed by atoms with van der Waals surface area (Å²) in [6, 6.07) is 17.0. The maximum atomic E-state index is 13.2. The summed E-state index contributed by atoms with van der Waals surface area (Å²) < 4.78 is 26.0. The van der Waals surface area contributed by atoms with Crippen LogP contribution in [0.25, 0.3) is 15.8 Å². The number of hydrogen-bond acceptors (Lipinski definition) is 7. The van der Waals surface area contributed by atoms with Crippen molar-refractivity contribution in [2.24, 2.45) is 0 Å². The van der Waals surface area contributed by atoms with Gasteiger partial charge in [-0.1, -0.05) is 12.1 Å². The molecule has 1 fully saturated rings. The minimum atomic E-state index is -0.361. The van der Waals surface area contributed by atoms with Crippen LogP contribution in [-0.4, -0.2) is 58.4 Å². The zero-order valence-corrected chi connectivity index (χ0v) is 18.9. The minimum absolute atomic E-state index is 0.292. The topological polar surface area (TPSA) is 63.5 Å². The van der Waals surface area contributed by atoms with Crippen LogP contribution in [0.4, 0.5) is 10.2 Å². The second-order valence-corrected chi connectivity index (χ2v) is 8.74. The lowest BCUT2D eigenvalue weighted by atomic mass is 10.2. The molecule has 0 spiro atoms. The number of fused-ring (bicyclic) bond motifs is 1. The third-order valence-electron chi connectivity index (χ3n) is 5.75. The van der Waals surface area contributed by atoms with Crippen LogP contribution in [0, 0.1) is 5.82 Å². The van der Waals surface area contributed by atoms with E-state index in [1.807, 2.05) is 0 Å². The number of nitrogens with zero attached hydrogens (tertiary/aromatic N) is 5. The molecule has 1 saturated heterocycles. The van der Waals surface area contributed by atoms with Crippen LogP contribution < -0.4 is 15.2 Å². The van der Waals surface area contributed by atoms with Crippen molar-refractivity contribution < 1.29 is 9.13 Å². The van der Waals surface area contributed by atoms with E-state index < -0.39 is 0 Å². The molecule has 0 unspecified atom stereocenters. The second-order valence-electron chi connectivity index (χ2n) is 7.93. The van der Waals surface area contributed by atoms with Gasteiger partial charge in [0.25, 0.3) is 5.56 Å². The molecular formula is C24H24FN5O2S. The molecule has 0 N–H and O–H groups in total. The SMILES string of the molecule is O=c1ccc(OCCCN2CCN(c3nsc4ccccc34)CC2)nn1-c1ccc(F)cc1. The van der Waals surface area contributed by atoms with Crippen molar-refractivity contribution in [2.45, 2.75) is 6.42 Å². The molecule has 0 atom stereocenters. The molecule has 9 heteroatoms. The number of anilines is 1. The molecule has 3 heterocycles. The summed E-state index contributed by atoms with van der Waals surface area (Å²) in [4.78, 5) is 16.9. The average Bonchev–Trinajstić information content (AvgIpc) is 3.28. The Balaban J connectivity index is 1.10. The van der Waals surface area contributed by atoms with Gasteiger partial charge in [0.1, 0.15) is 11.6 Å². The highest BCUT2D eigenvalue weighted by molar-refractivity contribution is 7.13. The highest BCUT2D eigenvalue weighted by atomic mass is 32.1. The standard InChI is InChI=1S/C24H24FN5O2S/c25-18-6-8-19(9-7-18)30-23(31)11-10-22(26-30)32-17-3-12-28-13-15-29(16-14-28)24-20-4-1-2-5-21(20)33-27-24/h1-2,4-11H,3,12-17H2. The summed E-state index contributed by atoms with van der Waals surface area (Å²) in [6.07, 6.45) is 0.858. The lowest BCUT2D eigenvalue weighted by molar-refractivity contribution is 0.220. The molecular weight excluding hydrogens is 441 g/mol. The van der Waals surface area contributed by atoms with Gasteiger partial charge >= 0.3 is 0 Å². The van der Waals surface area contributed by atoms with Gasteiger partial charge in [-0.05, 0) is 54.4 Å². The quantitative estimate of drug-likeness (QED) is 0.389. The fourth-order valence-electron chi connectivity index (χ4n) is 3.99. The van der Waals surface area contributed by atoms with Crippen molar-refractivity contribution in [3.63, 3.8) is 0 Å². The van der Waals surface area contributed by atoms with E-state index in [9.17, 15) is 9.18 Å². The fourth-order valence-corrected chi connectivity index (χ4v) is 4.78. The molecule has 7 nitrogen and oxygen atoms in total. The lowest BCUT2D eigenvalue weighted by Crippen LogP contribution is -2.47. The fraction of sp³-hybridized carbons (Fsp3) is 0.292. The third-order valence-corrected chi connectivity index (χ3v) is 6.56. The Hall–Kier alpha value is -3.30. The van der Waals surface area contributed by atoms with Crippen LogP contribution in [0.2, 0.25) is 0 Å². The number of aromatic nitrogens is 3. The maximum absolute atomic E-state index is 13.2. The lowest BCUT2D eigenvalue weighted by Gasteiger charge is -2.35. The number of benzene rings is 2. The van der Waals surface area contributed by atoms with Crippen molar-refractivity contribution in [2.75, 3.05) is 44.2 Å². The monoisotopic (exact) mass is 465 g/mol. The van der Waals surface area contributed by atoms with Crippen LogP contribution in [0.15, 0.2) is 65.5 Å². The van der Waals surface area contributed by atoms with Gasteiger partial charge in [-0.2, -0.15) is 9.06 Å². The first-order valence-electron chi connectivity index (χ1n) is 11.0. The van der Waals surface area contributed by atoms with E-state index in [1.165, 1.54) is 45.1 Å². The molecule has 170 valence electrons. The normalized spacial score (nSPS) is 14.6. The van der Waals surface area contributed by atoms with E-state index in [4.69, 9.17) is 4.74 Å². The van der Waals surface area contributed by atoms with Crippen LogP contribution in [-0.2, 0) is 0 Å². The van der Waals surface area contributed by atoms with Gasteiger partial charge in [0, 0.05) is 50.2 Å². The molecule has 4 aromatic rings. The predicted octanol–water partition coefficient (Wildman–Crippen LogP) is 3.57. The average molecular weight is 466 g/mol. The van der Waals surface area contributed by atoms with E-state index in [-0.39, 0.29) is 11.4 Å². The Morgan fingerprint density at radius 3 is 2.58 bits per heavy atom. The highest BCUT2D eigenvalue weighted by Gasteiger charge is 2.20. The number of rotatable bonds is 7. The smallest absolute Gasteiger partial charge is 0.271 e. The van der Waals surface area contributed by atoms with Gasteiger partial charge in [-0.25, -0.2) is 4.39 Å². The summed E-state index contributed by atoms with van der Waals surface area (Å²) in [6.45, 7) is 5.32. The molecule has 0 aliphatic carbocycles. The Morgan fingerprint density at radius 1 is 0.970 bits per heavy atom. The molecule has 0 bridgehead atoms. The summed E-state index contributed by atoms with van der Waals surface area (Å²) in [5, 5.41) is 5.49. The van der Waals surface area contributed by atoms with E-state index in [2.05, 4.69) is 43.5 Å². The zero-order valence-electron chi connectivity index (χ0n) is 18.1. The van der Waals surface area contributed by atoms with Gasteiger partial charge in [0.15, 0.2) is 0 Å². The first-order valence-corrected chi connectivity index (χ1v) is 11.8. The molecule has 0 amide bonds. The molecule has 2 aromatic heterocycles. The number of ether oxygens (including phenoxy) is 1. The van der Waals surface area contributed by atoms with Crippen molar-refractivity contribution >= 4 is 27.4 Å². The molecule has 33 heavy (non-hydrogen) atoms. The van der Waals surface area contributed by atoms with Crippen molar-refractivity contribution in [1.29, 1.82) is 0 Å². The summed E-state index contributed by atoms with van der Waals surface area (Å²) in [7, 11) is 0. The van der Waals surface area contributed by atoms with Gasteiger partial charge in [-0.3, -0.25) is 9.69 Å². The first-order chi connectivity index (χ1) is 16.2. The van der Waals surface area contributed by atoms with Crippen LogP contribution in [0.5, 0.6) is 5.88 Å². The summed E-state index contributed by atoms with van der Waals surface area (Å²) in [5.41, 5.74) is 0.206. The largest absolute Gasteiger partial charge is 0.477 e. The zero-order chi connectivity index (χ0) is 22.6. The van der Waals surface area contributed by atoms with Gasteiger partial charge in [-0.15, -0.1) is 5.10 Å². The van der Waals surface area contributed by atoms with Crippen LogP contribution >= 0.6 is 11.5 Å². The molecule has 0 radical (unpaired) electrons. The van der Waals surface area contributed by atoms with Gasteiger partial charge in [0.2, 0.25) is 5.88 Å². The molecule has 0 saturated carbocycles. The van der Waals surface area contributed by atoms with E-state index in [1.54, 1.807) is 17.6 Å². The first kappa shape index (κ1) is 21.5. The Kier molecular flexibility index (Phi) is 6.32. The summed E-state index contributed by atoms with van der Waals surface area (Å²) in [5.74, 6) is 1.11. The third kappa shape index (κ3) is 4.89. The van der Waals surface area contributed by atoms with Crippen LogP contribution in [0.1, 0.15) is 6.42 Å². The Bertz CT molecular complexity index is 1280. The van der Waals surface area contributed by atoms with Gasteiger partial charge in [0.05, 0.1) is 17.0 Å². The summed E-state index contributed by atoms with van der Waals surface area (Å²) >= 11 is 1.56. The molecule has 2 aromatic carbocycles. The van der Waals surface area contributed by atoms with E-state index >= 15 is 0 Å². The molecule has 1 aliphatic heterocycles. The number of piperazine rings is 1. The highest BCUT2D eigenvalue weighted by Crippen LogP contribution is 2.29. The van der Waals surface area contributed by atoms with Crippen molar-refractivity contribution in [3.8, 4) is 11.6 Å². The maximum Gasteiger partial charge on any atom is 0.271 e. The van der Waals surface area contributed by atoms with Gasteiger partial charge < -0.3 is 9.64 Å². The van der Waals surface area contributed by atoms with E-state index in [0.29, 0.717) is 18.2 Å². The van der Waals surface area contributed by atoms with E-state index in [0.717, 1.165) is 45.0 Å². The Morgan fingerprint density at radius 2 is 1.76 bits per heavy atom. The number of hydrogen-bond donors (Lipinski definition) is 0. The second kappa shape index (κ2) is 9.68. The van der Waals surface area contributed by atoms with Crippen LogP contribution in [0.3, 0.4) is 0 Å². The minimum Gasteiger partial charge on any atom is -0.477 e. The predicted molar refractivity (Wildman–Crippen MR) is 128 cm³/mol. The Labute approximate surface area is 194 Å².